The van der Waals surface area contributed by atoms with Crippen LogP contribution in [-0.4, -0.2) is 28.2 Å². The van der Waals surface area contributed by atoms with Crippen molar-refractivity contribution in [2.45, 2.75) is 12.8 Å². The highest BCUT2D eigenvalue weighted by molar-refractivity contribution is 5.75. The summed E-state index contributed by atoms with van der Waals surface area (Å²) < 4.78 is 5.25. The van der Waals surface area contributed by atoms with Gasteiger partial charge < -0.3 is 10.5 Å². The number of rotatable bonds is 5. The van der Waals surface area contributed by atoms with Crippen molar-refractivity contribution in [3.05, 3.63) is 41.5 Å². The Labute approximate surface area is 104 Å². The number of aromatic nitrogens is 3. The molecule has 2 aromatic rings. The lowest BCUT2D eigenvalue weighted by molar-refractivity contribution is -0.117. The van der Waals surface area contributed by atoms with Gasteiger partial charge in [-0.3, -0.25) is 9.89 Å². The standard InChI is InChI=1S/C12H14N4O2/c1-18-9-5-3-2-4-8(9)6-11-14-12(16-15-11)7-10(13)17/h2-5H,6-7H2,1H3,(H2,13,17)(H,14,15,16). The quantitative estimate of drug-likeness (QED) is 0.800. The normalized spacial score (nSPS) is 10.3. The lowest BCUT2D eigenvalue weighted by Crippen LogP contribution is -2.14. The van der Waals surface area contributed by atoms with Crippen LogP contribution < -0.4 is 10.5 Å². The highest BCUT2D eigenvalue weighted by Gasteiger charge is 2.09. The van der Waals surface area contributed by atoms with Crippen LogP contribution in [0, 0.1) is 0 Å². The molecule has 1 amide bonds. The molecule has 0 saturated heterocycles. The van der Waals surface area contributed by atoms with Crippen LogP contribution in [0.2, 0.25) is 0 Å². The number of nitrogens with two attached hydrogens (primary N) is 1. The third kappa shape index (κ3) is 2.85. The van der Waals surface area contributed by atoms with Crippen molar-refractivity contribution in [2.75, 3.05) is 7.11 Å². The minimum atomic E-state index is -0.446. The molecule has 0 unspecified atom stereocenters. The Morgan fingerprint density at radius 3 is 2.94 bits per heavy atom. The van der Waals surface area contributed by atoms with Crippen LogP contribution in [0.3, 0.4) is 0 Å². The number of carbonyl (C=O) groups is 1. The van der Waals surface area contributed by atoms with E-state index >= 15 is 0 Å². The van der Waals surface area contributed by atoms with Crippen molar-refractivity contribution >= 4 is 5.91 Å². The molecule has 0 bridgehead atoms. The van der Waals surface area contributed by atoms with Gasteiger partial charge in [-0.2, -0.15) is 5.10 Å². The zero-order chi connectivity index (χ0) is 13.0. The van der Waals surface area contributed by atoms with E-state index in [4.69, 9.17) is 10.5 Å². The fourth-order valence-corrected chi connectivity index (χ4v) is 1.68. The number of nitrogens with one attached hydrogen (secondary N) is 1. The summed E-state index contributed by atoms with van der Waals surface area (Å²) in [5, 5.41) is 6.72. The van der Waals surface area contributed by atoms with Crippen LogP contribution in [0.15, 0.2) is 24.3 Å². The summed E-state index contributed by atoms with van der Waals surface area (Å²) in [5.41, 5.74) is 6.08. The fraction of sp³-hybridized carbons (Fsp3) is 0.250. The van der Waals surface area contributed by atoms with Crippen molar-refractivity contribution in [2.24, 2.45) is 5.73 Å². The number of methoxy groups -OCH3 is 1. The van der Waals surface area contributed by atoms with E-state index in [0.717, 1.165) is 11.3 Å². The number of amides is 1. The van der Waals surface area contributed by atoms with Crippen molar-refractivity contribution in [3.63, 3.8) is 0 Å². The van der Waals surface area contributed by atoms with Crippen LogP contribution in [-0.2, 0) is 17.6 Å². The third-order valence-corrected chi connectivity index (χ3v) is 2.46. The van der Waals surface area contributed by atoms with E-state index in [1.54, 1.807) is 7.11 Å². The lowest BCUT2D eigenvalue weighted by atomic mass is 10.1. The Balaban J connectivity index is 2.13. The number of ether oxygens (including phenoxy) is 1. The molecule has 94 valence electrons. The zero-order valence-corrected chi connectivity index (χ0v) is 10.0. The van der Waals surface area contributed by atoms with Crippen molar-refractivity contribution < 1.29 is 9.53 Å². The van der Waals surface area contributed by atoms with Crippen molar-refractivity contribution in [1.82, 2.24) is 15.2 Å². The molecule has 6 heteroatoms. The zero-order valence-electron chi connectivity index (χ0n) is 10.0. The van der Waals surface area contributed by atoms with Gasteiger partial charge in [-0.1, -0.05) is 18.2 Å². The second-order valence-corrected chi connectivity index (χ2v) is 3.83. The molecule has 0 radical (unpaired) electrons. The molecule has 0 aliphatic carbocycles. The number of carbonyl (C=O) groups excluding carboxylic acids is 1. The summed E-state index contributed by atoms with van der Waals surface area (Å²) in [4.78, 5) is 14.9. The maximum Gasteiger partial charge on any atom is 0.225 e. The predicted octanol–water partition coefficient (Wildman–Crippen LogP) is 0.432. The van der Waals surface area contributed by atoms with Gasteiger partial charge in [-0.05, 0) is 6.07 Å². The summed E-state index contributed by atoms with van der Waals surface area (Å²) in [6, 6.07) is 7.67. The molecule has 0 aliphatic rings. The largest absolute Gasteiger partial charge is 0.496 e. The highest BCUT2D eigenvalue weighted by Crippen LogP contribution is 2.19. The SMILES string of the molecule is COc1ccccc1Cc1nc(CC(N)=O)n[nH]1. The van der Waals surface area contributed by atoms with E-state index < -0.39 is 5.91 Å². The topological polar surface area (TPSA) is 93.9 Å². The van der Waals surface area contributed by atoms with Gasteiger partial charge in [-0.25, -0.2) is 4.98 Å². The third-order valence-electron chi connectivity index (χ3n) is 2.46. The van der Waals surface area contributed by atoms with E-state index in [2.05, 4.69) is 15.2 Å². The summed E-state index contributed by atoms with van der Waals surface area (Å²) in [6.07, 6.45) is 0.609. The average Bonchev–Trinajstić information content (AvgIpc) is 2.76. The Bertz CT molecular complexity index is 551. The molecule has 3 N–H and O–H groups in total. The van der Waals surface area contributed by atoms with Crippen LogP contribution in [0.4, 0.5) is 0 Å². The average molecular weight is 246 g/mol. The lowest BCUT2D eigenvalue weighted by Gasteiger charge is -2.05. The summed E-state index contributed by atoms with van der Waals surface area (Å²) in [5.74, 6) is 1.44. The van der Waals surface area contributed by atoms with Gasteiger partial charge in [0.25, 0.3) is 0 Å². The molecule has 2 rings (SSSR count). The number of hydrogen-bond donors (Lipinski definition) is 2. The highest BCUT2D eigenvalue weighted by atomic mass is 16.5. The fourth-order valence-electron chi connectivity index (χ4n) is 1.68. The molecule has 0 aliphatic heterocycles. The molecule has 1 heterocycles. The second-order valence-electron chi connectivity index (χ2n) is 3.83. The van der Waals surface area contributed by atoms with Gasteiger partial charge >= 0.3 is 0 Å². The number of aromatic amines is 1. The molecular formula is C12H14N4O2. The number of nitrogens with zero attached hydrogens (tertiary/aromatic N) is 2. The number of H-pyrrole nitrogens is 1. The molecule has 0 atom stereocenters. The van der Waals surface area contributed by atoms with Crippen LogP contribution >= 0.6 is 0 Å². The monoisotopic (exact) mass is 246 g/mol. The Morgan fingerprint density at radius 2 is 2.22 bits per heavy atom. The molecule has 0 spiro atoms. The minimum Gasteiger partial charge on any atom is -0.496 e. The first-order valence-electron chi connectivity index (χ1n) is 5.49. The van der Waals surface area contributed by atoms with E-state index in [-0.39, 0.29) is 6.42 Å². The van der Waals surface area contributed by atoms with E-state index in [1.807, 2.05) is 24.3 Å². The molecular weight excluding hydrogens is 232 g/mol. The smallest absolute Gasteiger partial charge is 0.225 e. The van der Waals surface area contributed by atoms with Crippen LogP contribution in [0.1, 0.15) is 17.2 Å². The number of hydrogen-bond acceptors (Lipinski definition) is 4. The number of benzene rings is 1. The first kappa shape index (κ1) is 12.1. The maximum absolute atomic E-state index is 10.7. The first-order chi connectivity index (χ1) is 8.69. The van der Waals surface area contributed by atoms with Gasteiger partial charge in [0.15, 0.2) is 5.82 Å². The molecule has 1 aromatic carbocycles. The molecule has 0 saturated carbocycles. The number of para-hydroxylation sites is 1. The Hall–Kier alpha value is -2.37. The molecule has 6 nitrogen and oxygen atoms in total. The van der Waals surface area contributed by atoms with E-state index in [9.17, 15) is 4.79 Å². The summed E-state index contributed by atoms with van der Waals surface area (Å²) in [7, 11) is 1.62. The van der Waals surface area contributed by atoms with E-state index in [1.165, 1.54) is 0 Å². The van der Waals surface area contributed by atoms with Gasteiger partial charge in [0.1, 0.15) is 11.6 Å². The second kappa shape index (κ2) is 5.31. The molecule has 0 fully saturated rings. The van der Waals surface area contributed by atoms with Gasteiger partial charge in [0.2, 0.25) is 5.91 Å². The van der Waals surface area contributed by atoms with Crippen LogP contribution in [0.25, 0.3) is 0 Å². The van der Waals surface area contributed by atoms with E-state index in [0.29, 0.717) is 18.1 Å². The Morgan fingerprint density at radius 1 is 1.44 bits per heavy atom. The van der Waals surface area contributed by atoms with Crippen molar-refractivity contribution in [3.8, 4) is 5.75 Å². The predicted molar refractivity (Wildman–Crippen MR) is 65.1 cm³/mol. The van der Waals surface area contributed by atoms with Gasteiger partial charge in [0.05, 0.1) is 13.5 Å². The molecule has 1 aromatic heterocycles. The Kier molecular flexibility index (Phi) is 3.57. The van der Waals surface area contributed by atoms with Crippen molar-refractivity contribution in [1.29, 1.82) is 0 Å². The van der Waals surface area contributed by atoms with Gasteiger partial charge in [-0.15, -0.1) is 0 Å². The first-order valence-corrected chi connectivity index (χ1v) is 5.49. The molecule has 18 heavy (non-hydrogen) atoms. The summed E-state index contributed by atoms with van der Waals surface area (Å²) in [6.45, 7) is 0. The van der Waals surface area contributed by atoms with Crippen LogP contribution in [0.5, 0.6) is 5.75 Å². The number of primary amides is 1. The van der Waals surface area contributed by atoms with Gasteiger partial charge in [0, 0.05) is 12.0 Å². The maximum atomic E-state index is 10.7. The summed E-state index contributed by atoms with van der Waals surface area (Å²) >= 11 is 0. The minimum absolute atomic E-state index is 0.0441.